The van der Waals surface area contributed by atoms with Crippen LogP contribution < -0.4 is 21.5 Å². The normalized spacial score (nSPS) is 17.2. The molecule has 1 aromatic carbocycles. The summed E-state index contributed by atoms with van der Waals surface area (Å²) in [5.74, 6) is 0.284. The second-order valence-electron chi connectivity index (χ2n) is 6.81. The minimum absolute atomic E-state index is 0.0504. The van der Waals surface area contributed by atoms with Crippen LogP contribution in [-0.4, -0.2) is 40.3 Å². The fraction of sp³-hybridized carbons (Fsp3) is 0.368. The van der Waals surface area contributed by atoms with Crippen LogP contribution in [-0.2, 0) is 7.05 Å². The Kier molecular flexibility index (Phi) is 4.24. The van der Waals surface area contributed by atoms with E-state index in [9.17, 15) is 9.18 Å². The molecule has 3 aromatic rings. The smallest absolute Gasteiger partial charge is 0.278 e. The fourth-order valence-electron chi connectivity index (χ4n) is 3.69. The Labute approximate surface area is 156 Å². The predicted molar refractivity (Wildman–Crippen MR) is 103 cm³/mol. The van der Waals surface area contributed by atoms with E-state index in [4.69, 9.17) is 5.73 Å². The molecule has 0 bridgehead atoms. The van der Waals surface area contributed by atoms with Gasteiger partial charge in [-0.25, -0.2) is 4.98 Å². The maximum atomic E-state index is 13.4. The Bertz CT molecular complexity index is 1040. The highest BCUT2D eigenvalue weighted by atomic mass is 19.1. The van der Waals surface area contributed by atoms with E-state index in [1.165, 1.54) is 17.0 Å². The van der Waals surface area contributed by atoms with E-state index in [0.29, 0.717) is 23.3 Å². The summed E-state index contributed by atoms with van der Waals surface area (Å²) in [6.45, 7) is 1.47. The number of nitrogens with one attached hydrogen (secondary N) is 1. The summed E-state index contributed by atoms with van der Waals surface area (Å²) in [5, 5.41) is 3.19. The van der Waals surface area contributed by atoms with Gasteiger partial charge in [-0.1, -0.05) is 0 Å². The Hall–Kier alpha value is -3.05. The number of hydrogen-bond acceptors (Lipinski definition) is 5. The molecule has 0 radical (unpaired) electrons. The van der Waals surface area contributed by atoms with Crippen molar-refractivity contribution in [1.29, 1.82) is 0 Å². The number of fused-ring (bicyclic) bond motifs is 1. The van der Waals surface area contributed by atoms with Crippen molar-refractivity contribution < 1.29 is 4.39 Å². The zero-order chi connectivity index (χ0) is 19.1. The Balaban J connectivity index is 2.07. The van der Waals surface area contributed by atoms with E-state index in [2.05, 4.69) is 27.3 Å². The molecule has 1 atom stereocenters. The SMILES string of the molecule is CNc1c(N2CCC[C@H](N)C2)n(-c2c#cc(F)cc2)c2c(=O)n(C)cnc12. The van der Waals surface area contributed by atoms with E-state index in [0.717, 1.165) is 30.9 Å². The predicted octanol–water partition coefficient (Wildman–Crippen LogP) is 1.43. The van der Waals surface area contributed by atoms with Crippen LogP contribution in [0, 0.1) is 17.9 Å². The van der Waals surface area contributed by atoms with Gasteiger partial charge in [-0.3, -0.25) is 9.36 Å². The van der Waals surface area contributed by atoms with Gasteiger partial charge < -0.3 is 20.5 Å². The number of aromatic nitrogens is 3. The maximum Gasteiger partial charge on any atom is 0.278 e. The molecule has 0 aliphatic carbocycles. The minimum atomic E-state index is -0.503. The highest BCUT2D eigenvalue weighted by molar-refractivity contribution is 5.99. The Morgan fingerprint density at radius 3 is 2.85 bits per heavy atom. The first kappa shape index (κ1) is 17.4. The molecule has 0 unspecified atom stereocenters. The minimum Gasteiger partial charge on any atom is -0.383 e. The van der Waals surface area contributed by atoms with E-state index >= 15 is 0 Å². The molecule has 1 aliphatic heterocycles. The third kappa shape index (κ3) is 2.80. The molecule has 8 heteroatoms. The van der Waals surface area contributed by atoms with Gasteiger partial charge in [0.25, 0.3) is 5.56 Å². The van der Waals surface area contributed by atoms with Crippen LogP contribution in [0.2, 0.25) is 0 Å². The molecule has 1 saturated heterocycles. The lowest BCUT2D eigenvalue weighted by Gasteiger charge is -2.33. The van der Waals surface area contributed by atoms with E-state index in [-0.39, 0.29) is 11.6 Å². The first-order valence-corrected chi connectivity index (χ1v) is 8.89. The van der Waals surface area contributed by atoms with Gasteiger partial charge in [0.15, 0.2) is 5.82 Å². The third-order valence-corrected chi connectivity index (χ3v) is 4.95. The summed E-state index contributed by atoms with van der Waals surface area (Å²) in [6.07, 6.45) is 3.42. The number of nitrogens with zero attached hydrogens (tertiary/aromatic N) is 4. The number of aryl methyl sites for hydroxylation is 1. The summed E-state index contributed by atoms with van der Waals surface area (Å²) in [6, 6.07) is 8.23. The summed E-state index contributed by atoms with van der Waals surface area (Å²) in [4.78, 5) is 19.6. The molecule has 3 heterocycles. The first-order valence-electron chi connectivity index (χ1n) is 8.89. The second kappa shape index (κ2) is 6.59. The standard InChI is InChI=1S/C19H21FN6O/c1-22-16-15-17(19(27)24(2)11-23-15)26(14-7-5-12(20)6-8-14)18(16)25-9-3-4-13(21)10-25/h5,7,11,13,22H,3-4,9-10,21H2,1-2H3/t13-/m0/s1. The largest absolute Gasteiger partial charge is 0.383 e. The van der Waals surface area contributed by atoms with E-state index < -0.39 is 5.82 Å². The van der Waals surface area contributed by atoms with Crippen molar-refractivity contribution in [3.8, 4) is 5.69 Å². The van der Waals surface area contributed by atoms with Crippen molar-refractivity contribution >= 4 is 22.5 Å². The molecule has 7 nitrogen and oxygen atoms in total. The molecule has 140 valence electrons. The number of rotatable bonds is 3. The van der Waals surface area contributed by atoms with E-state index in [1.807, 2.05) is 0 Å². The van der Waals surface area contributed by atoms with Crippen molar-refractivity contribution in [3.05, 3.63) is 46.8 Å². The lowest BCUT2D eigenvalue weighted by molar-refractivity contribution is 0.502. The number of hydrogen-bond donors (Lipinski definition) is 2. The van der Waals surface area contributed by atoms with Gasteiger partial charge in [-0.05, 0) is 37.1 Å². The van der Waals surface area contributed by atoms with Crippen LogP contribution in [0.5, 0.6) is 0 Å². The van der Waals surface area contributed by atoms with Crippen LogP contribution in [0.15, 0.2) is 23.3 Å². The molecule has 27 heavy (non-hydrogen) atoms. The average Bonchev–Trinajstić information content (AvgIpc) is 3.00. The lowest BCUT2D eigenvalue weighted by Crippen LogP contribution is -2.43. The summed E-state index contributed by atoms with van der Waals surface area (Å²) in [5.41, 5.74) is 8.25. The number of anilines is 2. The molecule has 0 saturated carbocycles. The number of nitrogens with two attached hydrogens (primary N) is 1. The van der Waals surface area contributed by atoms with Crippen LogP contribution in [0.3, 0.4) is 0 Å². The van der Waals surface area contributed by atoms with Crippen molar-refractivity contribution in [2.24, 2.45) is 12.8 Å². The topological polar surface area (TPSA) is 81.1 Å². The van der Waals surface area contributed by atoms with Crippen molar-refractivity contribution in [2.45, 2.75) is 18.9 Å². The monoisotopic (exact) mass is 368 g/mol. The Morgan fingerprint density at radius 1 is 1.37 bits per heavy atom. The zero-order valence-corrected chi connectivity index (χ0v) is 15.3. The molecule has 1 aliphatic rings. The van der Waals surface area contributed by atoms with Crippen molar-refractivity contribution in [2.75, 3.05) is 30.4 Å². The van der Waals surface area contributed by atoms with Crippen molar-refractivity contribution in [3.63, 3.8) is 0 Å². The first-order chi connectivity index (χ1) is 13.0. The van der Waals surface area contributed by atoms with Gasteiger partial charge in [0.05, 0.1) is 12.0 Å². The van der Waals surface area contributed by atoms with Gasteiger partial charge in [0.1, 0.15) is 22.5 Å². The Morgan fingerprint density at radius 2 is 2.19 bits per heavy atom. The van der Waals surface area contributed by atoms with Crippen LogP contribution >= 0.6 is 0 Å². The van der Waals surface area contributed by atoms with E-state index in [1.54, 1.807) is 24.7 Å². The van der Waals surface area contributed by atoms with Gasteiger partial charge >= 0.3 is 0 Å². The van der Waals surface area contributed by atoms with Gasteiger partial charge in [0, 0.05) is 33.2 Å². The van der Waals surface area contributed by atoms with Crippen LogP contribution in [0.4, 0.5) is 15.9 Å². The molecular weight excluding hydrogens is 347 g/mol. The summed E-state index contributed by atoms with van der Waals surface area (Å²) >= 11 is 0. The molecule has 2 aromatic heterocycles. The molecular formula is C19H21FN6O. The van der Waals surface area contributed by atoms with Gasteiger partial charge in [-0.15, -0.1) is 0 Å². The highest BCUT2D eigenvalue weighted by Gasteiger charge is 2.28. The lowest BCUT2D eigenvalue weighted by atomic mass is 10.1. The van der Waals surface area contributed by atoms with Gasteiger partial charge in [0.2, 0.25) is 0 Å². The molecule has 0 spiro atoms. The molecule has 0 amide bonds. The summed E-state index contributed by atoms with van der Waals surface area (Å²) < 4.78 is 16.6. The quantitative estimate of drug-likeness (QED) is 0.731. The molecule has 1 fully saturated rings. The second-order valence-corrected chi connectivity index (χ2v) is 6.81. The third-order valence-electron chi connectivity index (χ3n) is 4.95. The maximum absolute atomic E-state index is 13.4. The number of halogens is 1. The zero-order valence-electron chi connectivity index (χ0n) is 15.3. The average molecular weight is 368 g/mol. The molecule has 3 N–H and O–H groups in total. The summed E-state index contributed by atoms with van der Waals surface area (Å²) in [7, 11) is 3.45. The van der Waals surface area contributed by atoms with Crippen LogP contribution in [0.25, 0.3) is 16.7 Å². The van der Waals surface area contributed by atoms with Crippen molar-refractivity contribution in [1.82, 2.24) is 14.1 Å². The van der Waals surface area contributed by atoms with Gasteiger partial charge in [-0.2, -0.15) is 4.39 Å². The van der Waals surface area contributed by atoms with Crippen LogP contribution in [0.1, 0.15) is 12.8 Å². The number of piperidine rings is 1. The highest BCUT2D eigenvalue weighted by Crippen LogP contribution is 2.38. The fourth-order valence-corrected chi connectivity index (χ4v) is 3.69. The molecule has 4 rings (SSSR count).